The Balaban J connectivity index is 1.20. The van der Waals surface area contributed by atoms with Crippen LogP contribution in [0.15, 0.2) is 84.9 Å². The van der Waals surface area contributed by atoms with Gasteiger partial charge >= 0.3 is 0 Å². The number of primary amides is 1. The van der Waals surface area contributed by atoms with Crippen LogP contribution in [0.3, 0.4) is 0 Å². The molecular formula is C61H88N6O11. The normalized spacial score (nSPS) is 18.8. The van der Waals surface area contributed by atoms with Crippen LogP contribution >= 0.6 is 0 Å². The van der Waals surface area contributed by atoms with Crippen LogP contribution in [-0.2, 0) is 52.7 Å². The van der Waals surface area contributed by atoms with Crippen molar-refractivity contribution in [2.45, 2.75) is 204 Å². The molecule has 17 heteroatoms. The molecule has 0 unspecified atom stereocenters. The van der Waals surface area contributed by atoms with E-state index in [0.29, 0.717) is 6.42 Å². The summed E-state index contributed by atoms with van der Waals surface area (Å²) in [7, 11) is 0. The number of hydrogen-bond acceptors (Lipinski definition) is 12. The lowest BCUT2D eigenvalue weighted by atomic mass is 9.95. The minimum Gasteiger partial charge on any atom is -0.508 e. The van der Waals surface area contributed by atoms with Crippen LogP contribution in [0.25, 0.3) is 10.8 Å². The number of nitrogens with two attached hydrogens (primary N) is 2. The first kappa shape index (κ1) is 62.9. The average Bonchev–Trinajstić information content (AvgIpc) is 3.42. The van der Waals surface area contributed by atoms with Crippen LogP contribution in [0.4, 0.5) is 0 Å². The molecule has 4 aromatic carbocycles. The summed E-state index contributed by atoms with van der Waals surface area (Å²) in [5, 5.41) is 55.2. The van der Waals surface area contributed by atoms with E-state index in [9.17, 15) is 44.4 Å². The van der Waals surface area contributed by atoms with Crippen LogP contribution in [-0.4, -0.2) is 118 Å². The zero-order valence-corrected chi connectivity index (χ0v) is 46.1. The highest BCUT2D eigenvalue weighted by atomic mass is 16.7. The van der Waals surface area contributed by atoms with Crippen molar-refractivity contribution in [2.75, 3.05) is 13.2 Å². The van der Waals surface area contributed by atoms with Crippen LogP contribution in [0.2, 0.25) is 0 Å². The number of phenols is 1. The Kier molecular flexibility index (Phi) is 27.0. The summed E-state index contributed by atoms with van der Waals surface area (Å²) < 4.78 is 11.5. The fraction of sp³-hybridized carbons (Fsp3) is 0.557. The largest absolute Gasteiger partial charge is 0.508 e. The van der Waals surface area contributed by atoms with Gasteiger partial charge in [-0.05, 0) is 96.7 Å². The van der Waals surface area contributed by atoms with Crippen LogP contribution in [0, 0.1) is 13.8 Å². The Labute approximate surface area is 461 Å². The monoisotopic (exact) mass is 1080 g/mol. The summed E-state index contributed by atoms with van der Waals surface area (Å²) in [6.07, 6.45) is 9.58. The van der Waals surface area contributed by atoms with Crippen molar-refractivity contribution >= 4 is 40.3 Å². The molecule has 4 aromatic rings. The SMILES string of the molecule is CCCCCCCCCCCCCCCCO[C@@H]1O[C@H](C(=O)NCCCC[C@@H](NC(=O)[C@@H](N)Cc2c(C)cc(O)cc2C)C(=O)N[C@@H](Cc2cccc3ccccc23)C(=O)N[C@@H](Cc2ccccc2)C(N)=O)[C@@H](O)[C@H](O)[C@H]1O. The first-order valence-corrected chi connectivity index (χ1v) is 28.4. The summed E-state index contributed by atoms with van der Waals surface area (Å²) in [5.41, 5.74) is 16.0. The van der Waals surface area contributed by atoms with E-state index < -0.39 is 84.4 Å². The summed E-state index contributed by atoms with van der Waals surface area (Å²) >= 11 is 0. The van der Waals surface area contributed by atoms with Crippen molar-refractivity contribution < 1.29 is 53.9 Å². The van der Waals surface area contributed by atoms with E-state index >= 15 is 0 Å². The lowest BCUT2D eigenvalue weighted by Gasteiger charge is -2.39. The minimum absolute atomic E-state index is 0.00749. The molecule has 9 atom stereocenters. The van der Waals surface area contributed by atoms with Gasteiger partial charge in [0, 0.05) is 26.0 Å². The maximum Gasteiger partial charge on any atom is 0.252 e. The van der Waals surface area contributed by atoms with Crippen molar-refractivity contribution in [3.05, 3.63) is 113 Å². The zero-order chi connectivity index (χ0) is 56.4. The van der Waals surface area contributed by atoms with Crippen LogP contribution in [0.5, 0.6) is 5.75 Å². The van der Waals surface area contributed by atoms with Crippen molar-refractivity contribution in [3.63, 3.8) is 0 Å². The number of amides is 5. The molecule has 0 saturated carbocycles. The number of carbonyl (C=O) groups excluding carboxylic acids is 5. The molecule has 12 N–H and O–H groups in total. The Morgan fingerprint density at radius 2 is 1.18 bits per heavy atom. The highest BCUT2D eigenvalue weighted by Crippen LogP contribution is 2.25. The molecular weight excluding hydrogens is 993 g/mol. The highest BCUT2D eigenvalue weighted by Gasteiger charge is 2.47. The molecule has 0 aliphatic carbocycles. The number of fused-ring (bicyclic) bond motifs is 1. The van der Waals surface area contributed by atoms with Gasteiger partial charge in [-0.3, -0.25) is 24.0 Å². The van der Waals surface area contributed by atoms with Gasteiger partial charge in [-0.1, -0.05) is 163 Å². The first-order chi connectivity index (χ1) is 37.6. The number of nitrogens with one attached hydrogen (secondary N) is 4. The summed E-state index contributed by atoms with van der Waals surface area (Å²) in [6, 6.07) is 20.7. The maximum absolute atomic E-state index is 14.6. The fourth-order valence-electron chi connectivity index (χ4n) is 10.2. The third kappa shape index (κ3) is 20.4. The molecule has 78 heavy (non-hydrogen) atoms. The molecule has 1 heterocycles. The van der Waals surface area contributed by atoms with Gasteiger partial charge in [0.2, 0.25) is 23.6 Å². The van der Waals surface area contributed by atoms with E-state index in [4.69, 9.17) is 20.9 Å². The van der Waals surface area contributed by atoms with Crippen molar-refractivity contribution in [1.82, 2.24) is 21.3 Å². The molecule has 5 rings (SSSR count). The van der Waals surface area contributed by atoms with E-state index in [2.05, 4.69) is 28.2 Å². The molecule has 5 amide bonds. The standard InChI is InChI=1S/C61H88N6O11/c1-4-5-6-7-8-9-10-11-12-13-14-15-16-24-34-77-61-54(71)52(69)53(70)55(78-61)60(76)64-33-23-22-32-49(65-57(73)48(62)39-47-40(2)35-45(68)36-41(47)3)58(74)67-51(38-44-30-25-29-43-28-20-21-31-46(43)44)59(75)66-50(56(63)72)37-42-26-18-17-19-27-42/h17-21,25-31,35-36,48-55,61,68-71H,4-16,22-24,32-34,37-39,62H2,1-3H3,(H2,63,72)(H,64,76)(H,65,73)(H,66,75)(H,67,74)/t48-,49+,50-,51-,52-,53-,54+,55-,61+/m0/s1. The predicted molar refractivity (Wildman–Crippen MR) is 302 cm³/mol. The van der Waals surface area contributed by atoms with Crippen molar-refractivity contribution in [2.24, 2.45) is 11.5 Å². The minimum atomic E-state index is -1.74. The number of aryl methyl sites for hydroxylation is 2. The lowest BCUT2D eigenvalue weighted by molar-refractivity contribution is -0.290. The summed E-state index contributed by atoms with van der Waals surface area (Å²) in [6.45, 7) is 6.11. The topological polar surface area (TPSA) is 285 Å². The van der Waals surface area contributed by atoms with E-state index in [0.717, 1.165) is 57.9 Å². The molecule has 428 valence electrons. The van der Waals surface area contributed by atoms with Gasteiger partial charge in [0.25, 0.3) is 5.91 Å². The van der Waals surface area contributed by atoms with Gasteiger partial charge < -0.3 is 62.6 Å². The first-order valence-electron chi connectivity index (χ1n) is 28.4. The van der Waals surface area contributed by atoms with E-state index in [1.165, 1.54) is 64.2 Å². The maximum atomic E-state index is 14.6. The number of aliphatic hydroxyl groups is 3. The quantitative estimate of drug-likeness (QED) is 0.0236. The lowest BCUT2D eigenvalue weighted by Crippen LogP contribution is -2.62. The number of rotatable bonds is 35. The van der Waals surface area contributed by atoms with Gasteiger partial charge in [0.1, 0.15) is 42.2 Å². The second-order valence-electron chi connectivity index (χ2n) is 21.1. The Morgan fingerprint density at radius 3 is 1.82 bits per heavy atom. The van der Waals surface area contributed by atoms with Gasteiger partial charge in [-0.25, -0.2) is 0 Å². The molecule has 1 aliphatic heterocycles. The Hall–Kier alpha value is -5.95. The molecule has 1 saturated heterocycles. The van der Waals surface area contributed by atoms with Gasteiger partial charge in [0.15, 0.2) is 12.4 Å². The van der Waals surface area contributed by atoms with Gasteiger partial charge in [-0.15, -0.1) is 0 Å². The smallest absolute Gasteiger partial charge is 0.252 e. The number of benzene rings is 4. The van der Waals surface area contributed by atoms with Crippen LogP contribution in [0.1, 0.15) is 144 Å². The third-order valence-electron chi connectivity index (χ3n) is 14.8. The number of unbranched alkanes of at least 4 members (excludes halogenated alkanes) is 14. The number of carbonyl (C=O) groups is 5. The van der Waals surface area contributed by atoms with Crippen molar-refractivity contribution in [1.29, 1.82) is 0 Å². The Morgan fingerprint density at radius 1 is 0.615 bits per heavy atom. The molecule has 1 fully saturated rings. The second-order valence-corrected chi connectivity index (χ2v) is 21.1. The second kappa shape index (κ2) is 33.5. The van der Waals surface area contributed by atoms with Gasteiger partial charge in [0.05, 0.1) is 6.04 Å². The van der Waals surface area contributed by atoms with Crippen LogP contribution < -0.4 is 32.7 Å². The van der Waals surface area contributed by atoms with Crippen molar-refractivity contribution in [3.8, 4) is 5.75 Å². The van der Waals surface area contributed by atoms with E-state index in [1.54, 1.807) is 50.2 Å². The molecule has 0 spiro atoms. The third-order valence-corrected chi connectivity index (χ3v) is 14.8. The Bertz CT molecular complexity index is 2470. The number of hydrogen-bond donors (Lipinski definition) is 10. The average molecular weight is 1080 g/mol. The molecule has 0 bridgehead atoms. The van der Waals surface area contributed by atoms with E-state index in [-0.39, 0.29) is 57.4 Å². The summed E-state index contributed by atoms with van der Waals surface area (Å²) in [5.74, 6) is -3.46. The molecule has 17 nitrogen and oxygen atoms in total. The molecule has 0 radical (unpaired) electrons. The zero-order valence-electron chi connectivity index (χ0n) is 46.1. The van der Waals surface area contributed by atoms with Gasteiger partial charge in [-0.2, -0.15) is 0 Å². The fourth-order valence-corrected chi connectivity index (χ4v) is 10.2. The van der Waals surface area contributed by atoms with E-state index in [1.807, 2.05) is 48.5 Å². The predicted octanol–water partition coefficient (Wildman–Crippen LogP) is 6.05. The number of aromatic hydroxyl groups is 1. The number of phenolic OH excluding ortho intramolecular Hbond substituents is 1. The molecule has 1 aliphatic rings. The highest BCUT2D eigenvalue weighted by molar-refractivity contribution is 5.95. The molecule has 0 aromatic heterocycles. The number of ether oxygens (including phenoxy) is 2. The number of aliphatic hydroxyl groups excluding tert-OH is 3. The summed E-state index contributed by atoms with van der Waals surface area (Å²) in [4.78, 5) is 69.0.